The number of halogens is 1. The second-order valence-electron chi connectivity index (χ2n) is 4.62. The lowest BCUT2D eigenvalue weighted by molar-refractivity contribution is -0.126. The minimum Gasteiger partial charge on any atom is -0.350 e. The van der Waals surface area contributed by atoms with Crippen molar-refractivity contribution in [1.82, 2.24) is 5.32 Å². The first-order valence-electron chi connectivity index (χ1n) is 5.48. The highest BCUT2D eigenvalue weighted by Crippen LogP contribution is 2.30. The maximum Gasteiger partial charge on any atom is 0.223 e. The molecular weight excluding hydrogens is 242 g/mol. The summed E-state index contributed by atoms with van der Waals surface area (Å²) in [7, 11) is 0. The molecule has 14 heavy (non-hydrogen) atoms. The normalized spacial score (nSPS) is 20.9. The molecule has 82 valence electrons. The Kier molecular flexibility index (Phi) is 4.42. The third-order valence-electron chi connectivity index (χ3n) is 2.98. The Morgan fingerprint density at radius 2 is 1.93 bits per heavy atom. The summed E-state index contributed by atoms with van der Waals surface area (Å²) in [5.74, 6) is 0.277. The van der Waals surface area contributed by atoms with Gasteiger partial charge in [0, 0.05) is 16.8 Å². The van der Waals surface area contributed by atoms with Crippen LogP contribution in [0.5, 0.6) is 0 Å². The molecule has 0 radical (unpaired) electrons. The Hall–Kier alpha value is -0.0500. The summed E-state index contributed by atoms with van der Waals surface area (Å²) in [6.45, 7) is 3.89. The van der Waals surface area contributed by atoms with Crippen molar-refractivity contribution in [2.75, 3.05) is 5.33 Å². The monoisotopic (exact) mass is 261 g/mol. The Balaban J connectivity index is 2.56. The van der Waals surface area contributed by atoms with E-state index in [1.54, 1.807) is 0 Å². The van der Waals surface area contributed by atoms with Gasteiger partial charge in [0.05, 0.1) is 0 Å². The first-order chi connectivity index (χ1) is 6.59. The molecule has 0 aromatic rings. The van der Waals surface area contributed by atoms with Crippen LogP contribution >= 0.6 is 15.9 Å². The zero-order valence-corrected chi connectivity index (χ0v) is 10.7. The molecule has 0 aromatic carbocycles. The van der Waals surface area contributed by atoms with Crippen LogP contribution in [0.15, 0.2) is 0 Å². The van der Waals surface area contributed by atoms with Crippen molar-refractivity contribution in [2.45, 2.75) is 51.5 Å². The molecule has 0 spiro atoms. The third-order valence-corrected chi connectivity index (χ3v) is 4.05. The first-order valence-corrected chi connectivity index (χ1v) is 6.60. The fourth-order valence-corrected chi connectivity index (χ4v) is 2.63. The fourth-order valence-electron chi connectivity index (χ4n) is 1.93. The van der Waals surface area contributed by atoms with Crippen LogP contribution in [-0.2, 0) is 4.79 Å². The largest absolute Gasteiger partial charge is 0.350 e. The molecule has 1 rings (SSSR count). The SMILES string of the molecule is CC(C)C(=O)NC1(CBr)CCCCC1. The number of nitrogens with one attached hydrogen (secondary N) is 1. The standard InChI is InChI=1S/C11H20BrNO/c1-9(2)10(14)13-11(8-12)6-4-3-5-7-11/h9H,3-8H2,1-2H3,(H,13,14). The summed E-state index contributed by atoms with van der Waals surface area (Å²) in [4.78, 5) is 11.6. The van der Waals surface area contributed by atoms with Crippen molar-refractivity contribution in [3.8, 4) is 0 Å². The van der Waals surface area contributed by atoms with Gasteiger partial charge in [-0.05, 0) is 12.8 Å². The van der Waals surface area contributed by atoms with Crippen LogP contribution in [0.2, 0.25) is 0 Å². The average Bonchev–Trinajstić information content (AvgIpc) is 2.19. The second kappa shape index (κ2) is 5.15. The van der Waals surface area contributed by atoms with Gasteiger partial charge in [-0.2, -0.15) is 0 Å². The minimum atomic E-state index is 0.0413. The molecule has 0 heterocycles. The first kappa shape index (κ1) is 12.0. The molecule has 0 aliphatic heterocycles. The number of carbonyl (C=O) groups is 1. The molecule has 1 fully saturated rings. The maximum absolute atomic E-state index is 11.6. The molecule has 3 heteroatoms. The molecule has 1 saturated carbocycles. The quantitative estimate of drug-likeness (QED) is 0.778. The molecule has 1 aliphatic rings. The van der Waals surface area contributed by atoms with Gasteiger partial charge in [-0.3, -0.25) is 4.79 Å². The number of hydrogen-bond acceptors (Lipinski definition) is 1. The van der Waals surface area contributed by atoms with Crippen LogP contribution in [0.1, 0.15) is 46.0 Å². The van der Waals surface area contributed by atoms with E-state index in [0.717, 1.165) is 18.2 Å². The van der Waals surface area contributed by atoms with E-state index in [9.17, 15) is 4.79 Å². The highest BCUT2D eigenvalue weighted by atomic mass is 79.9. The lowest BCUT2D eigenvalue weighted by Crippen LogP contribution is -2.52. The fraction of sp³-hybridized carbons (Fsp3) is 0.909. The van der Waals surface area contributed by atoms with E-state index in [0.29, 0.717) is 0 Å². The Morgan fingerprint density at radius 1 is 1.36 bits per heavy atom. The third kappa shape index (κ3) is 2.97. The van der Waals surface area contributed by atoms with Crippen molar-refractivity contribution < 1.29 is 4.79 Å². The van der Waals surface area contributed by atoms with E-state index in [1.165, 1.54) is 19.3 Å². The molecule has 1 aliphatic carbocycles. The predicted octanol–water partition coefficient (Wildman–Crippen LogP) is 2.86. The molecule has 1 amide bonds. The Labute approximate surface area is 95.0 Å². The van der Waals surface area contributed by atoms with Crippen LogP contribution in [0.25, 0.3) is 0 Å². The van der Waals surface area contributed by atoms with Gasteiger partial charge in [-0.25, -0.2) is 0 Å². The summed E-state index contributed by atoms with van der Waals surface area (Å²) in [5.41, 5.74) is 0.0413. The van der Waals surface area contributed by atoms with Crippen LogP contribution in [0.4, 0.5) is 0 Å². The van der Waals surface area contributed by atoms with Gasteiger partial charge in [-0.15, -0.1) is 0 Å². The van der Waals surface area contributed by atoms with Crippen LogP contribution in [-0.4, -0.2) is 16.8 Å². The van der Waals surface area contributed by atoms with E-state index in [1.807, 2.05) is 13.8 Å². The van der Waals surface area contributed by atoms with Crippen molar-refractivity contribution in [3.05, 3.63) is 0 Å². The lowest BCUT2D eigenvalue weighted by atomic mass is 9.83. The molecule has 0 aromatic heterocycles. The molecule has 0 saturated heterocycles. The molecule has 0 atom stereocenters. The number of hydrogen-bond donors (Lipinski definition) is 1. The van der Waals surface area contributed by atoms with Crippen molar-refractivity contribution >= 4 is 21.8 Å². The lowest BCUT2D eigenvalue weighted by Gasteiger charge is -2.37. The van der Waals surface area contributed by atoms with Gasteiger partial charge in [0.2, 0.25) is 5.91 Å². The van der Waals surface area contributed by atoms with Crippen LogP contribution in [0.3, 0.4) is 0 Å². The summed E-state index contributed by atoms with van der Waals surface area (Å²) in [5, 5.41) is 4.08. The van der Waals surface area contributed by atoms with Crippen LogP contribution in [0, 0.1) is 5.92 Å². The summed E-state index contributed by atoms with van der Waals surface area (Å²) in [6, 6.07) is 0. The topological polar surface area (TPSA) is 29.1 Å². The highest BCUT2D eigenvalue weighted by molar-refractivity contribution is 9.09. The minimum absolute atomic E-state index is 0.0413. The summed E-state index contributed by atoms with van der Waals surface area (Å²) >= 11 is 3.53. The van der Waals surface area contributed by atoms with Gasteiger partial charge in [0.1, 0.15) is 0 Å². The highest BCUT2D eigenvalue weighted by Gasteiger charge is 2.32. The predicted molar refractivity (Wildman–Crippen MR) is 62.6 cm³/mol. The number of alkyl halides is 1. The zero-order chi connectivity index (χ0) is 10.6. The van der Waals surface area contributed by atoms with E-state index in [-0.39, 0.29) is 17.4 Å². The molecule has 0 bridgehead atoms. The zero-order valence-electron chi connectivity index (χ0n) is 9.11. The molecule has 0 unspecified atom stereocenters. The van der Waals surface area contributed by atoms with Gasteiger partial charge >= 0.3 is 0 Å². The summed E-state index contributed by atoms with van der Waals surface area (Å²) in [6.07, 6.45) is 6.04. The van der Waals surface area contributed by atoms with Crippen molar-refractivity contribution in [3.63, 3.8) is 0 Å². The van der Waals surface area contributed by atoms with Gasteiger partial charge < -0.3 is 5.32 Å². The van der Waals surface area contributed by atoms with Gasteiger partial charge in [0.15, 0.2) is 0 Å². The van der Waals surface area contributed by atoms with Crippen LogP contribution < -0.4 is 5.32 Å². The number of amides is 1. The Bertz CT molecular complexity index is 197. The number of rotatable bonds is 3. The van der Waals surface area contributed by atoms with E-state index >= 15 is 0 Å². The molecule has 1 N–H and O–H groups in total. The van der Waals surface area contributed by atoms with E-state index in [4.69, 9.17) is 0 Å². The molecular formula is C11H20BrNO. The smallest absolute Gasteiger partial charge is 0.223 e. The van der Waals surface area contributed by atoms with Gasteiger partial charge in [0.25, 0.3) is 0 Å². The van der Waals surface area contributed by atoms with Crippen molar-refractivity contribution in [2.24, 2.45) is 5.92 Å². The molecule has 2 nitrogen and oxygen atoms in total. The average molecular weight is 262 g/mol. The van der Waals surface area contributed by atoms with Gasteiger partial charge in [-0.1, -0.05) is 49.0 Å². The number of carbonyl (C=O) groups excluding carboxylic acids is 1. The second-order valence-corrected chi connectivity index (χ2v) is 5.18. The van der Waals surface area contributed by atoms with E-state index < -0.39 is 0 Å². The maximum atomic E-state index is 11.6. The van der Waals surface area contributed by atoms with Crippen molar-refractivity contribution in [1.29, 1.82) is 0 Å². The Morgan fingerprint density at radius 3 is 2.36 bits per heavy atom. The van der Waals surface area contributed by atoms with E-state index in [2.05, 4.69) is 21.2 Å². The summed E-state index contributed by atoms with van der Waals surface area (Å²) < 4.78 is 0.